The summed E-state index contributed by atoms with van der Waals surface area (Å²) in [4.78, 5) is 3.25. The number of hydrogen-bond acceptors (Lipinski definition) is 7. The fourth-order valence-electron chi connectivity index (χ4n) is 3.77. The standard InChI is InChI=1S/C17H20FN3O6S2/c18-13-9-20-17(27-29(24,25)26)12-3-1-4-15(16(12)13)28(22,23)21-8-2-7-19-10-14(21)11-5-6-11/h1,3-4,9,11,14,19H,2,5-8,10H2,(H,24,25,26). The van der Waals surface area contributed by atoms with Crippen molar-refractivity contribution in [2.24, 2.45) is 5.92 Å². The maximum atomic E-state index is 14.7. The molecule has 0 bridgehead atoms. The normalized spacial score (nSPS) is 21.8. The summed E-state index contributed by atoms with van der Waals surface area (Å²) in [6.45, 7) is 1.51. The minimum atomic E-state index is -4.92. The van der Waals surface area contributed by atoms with E-state index in [4.69, 9.17) is 4.55 Å². The largest absolute Gasteiger partial charge is 0.448 e. The second-order valence-corrected chi connectivity index (χ2v) is 10.1. The number of pyridine rings is 1. The van der Waals surface area contributed by atoms with E-state index in [1.165, 1.54) is 22.5 Å². The van der Waals surface area contributed by atoms with E-state index in [9.17, 15) is 21.2 Å². The molecule has 1 atom stereocenters. The predicted molar refractivity (Wildman–Crippen MR) is 102 cm³/mol. The Morgan fingerprint density at radius 2 is 2.00 bits per heavy atom. The molecule has 0 spiro atoms. The van der Waals surface area contributed by atoms with E-state index in [-0.39, 0.29) is 27.6 Å². The zero-order chi connectivity index (χ0) is 20.8. The van der Waals surface area contributed by atoms with Gasteiger partial charge in [-0.05, 0) is 43.9 Å². The van der Waals surface area contributed by atoms with Gasteiger partial charge in [0.1, 0.15) is 0 Å². The maximum absolute atomic E-state index is 14.7. The van der Waals surface area contributed by atoms with E-state index in [0.29, 0.717) is 32.3 Å². The molecule has 2 aliphatic rings. The van der Waals surface area contributed by atoms with Crippen molar-refractivity contribution >= 4 is 31.2 Å². The van der Waals surface area contributed by atoms with Gasteiger partial charge >= 0.3 is 10.4 Å². The molecule has 158 valence electrons. The lowest BCUT2D eigenvalue weighted by Crippen LogP contribution is -2.45. The van der Waals surface area contributed by atoms with Crippen molar-refractivity contribution < 1.29 is 30.0 Å². The molecule has 2 heterocycles. The molecule has 29 heavy (non-hydrogen) atoms. The van der Waals surface area contributed by atoms with Gasteiger partial charge in [0, 0.05) is 29.9 Å². The Kier molecular flexibility index (Phi) is 5.23. The summed E-state index contributed by atoms with van der Waals surface area (Å²) in [6, 6.07) is 3.69. The van der Waals surface area contributed by atoms with Crippen LogP contribution in [-0.2, 0) is 20.4 Å². The van der Waals surface area contributed by atoms with Crippen LogP contribution >= 0.6 is 0 Å². The number of hydrogen-bond donors (Lipinski definition) is 2. The van der Waals surface area contributed by atoms with Crippen LogP contribution in [0.25, 0.3) is 10.8 Å². The maximum Gasteiger partial charge on any atom is 0.448 e. The van der Waals surface area contributed by atoms with Crippen LogP contribution in [0.5, 0.6) is 5.88 Å². The van der Waals surface area contributed by atoms with E-state index < -0.39 is 32.1 Å². The molecule has 0 amide bonds. The molecule has 4 rings (SSSR count). The van der Waals surface area contributed by atoms with Crippen LogP contribution in [0.4, 0.5) is 4.39 Å². The third-order valence-corrected chi connectivity index (χ3v) is 7.52. The summed E-state index contributed by atoms with van der Waals surface area (Å²) in [5.41, 5.74) is 0. The Labute approximate surface area is 167 Å². The Morgan fingerprint density at radius 3 is 2.69 bits per heavy atom. The molecular formula is C17H20FN3O6S2. The first-order valence-corrected chi connectivity index (χ1v) is 12.0. The zero-order valence-corrected chi connectivity index (χ0v) is 16.9. The summed E-state index contributed by atoms with van der Waals surface area (Å²) in [7, 11) is -9.01. The van der Waals surface area contributed by atoms with Crippen LogP contribution in [0.1, 0.15) is 19.3 Å². The average Bonchev–Trinajstić information content (AvgIpc) is 3.48. The van der Waals surface area contributed by atoms with Crippen LogP contribution in [0.15, 0.2) is 29.3 Å². The number of aromatic nitrogens is 1. The quantitative estimate of drug-likeness (QED) is 0.660. The zero-order valence-electron chi connectivity index (χ0n) is 15.3. The number of benzene rings is 1. The Balaban J connectivity index is 1.87. The summed E-state index contributed by atoms with van der Waals surface area (Å²) in [5, 5.41) is 2.76. The molecular weight excluding hydrogens is 425 g/mol. The Bertz CT molecular complexity index is 1150. The Hall–Kier alpha value is -1.86. The van der Waals surface area contributed by atoms with Gasteiger partial charge in [-0.15, -0.1) is 0 Å². The van der Waals surface area contributed by atoms with Crippen molar-refractivity contribution in [3.63, 3.8) is 0 Å². The lowest BCUT2D eigenvalue weighted by molar-refractivity contribution is 0.306. The summed E-state index contributed by atoms with van der Waals surface area (Å²) in [6.07, 6.45) is 3.18. The predicted octanol–water partition coefficient (Wildman–Crippen LogP) is 1.32. The first-order chi connectivity index (χ1) is 13.7. The van der Waals surface area contributed by atoms with Crippen LogP contribution in [0.3, 0.4) is 0 Å². The van der Waals surface area contributed by atoms with Gasteiger partial charge < -0.3 is 9.50 Å². The average molecular weight is 445 g/mol. The van der Waals surface area contributed by atoms with Crippen LogP contribution < -0.4 is 9.50 Å². The highest BCUT2D eigenvalue weighted by Gasteiger charge is 2.42. The van der Waals surface area contributed by atoms with Crippen LogP contribution in [-0.4, -0.2) is 56.4 Å². The summed E-state index contributed by atoms with van der Waals surface area (Å²) >= 11 is 0. The van der Waals surface area contributed by atoms with E-state index in [0.717, 1.165) is 12.8 Å². The highest BCUT2D eigenvalue weighted by Crippen LogP contribution is 2.39. The third kappa shape index (κ3) is 4.08. The van der Waals surface area contributed by atoms with E-state index >= 15 is 0 Å². The van der Waals surface area contributed by atoms with Crippen molar-refractivity contribution in [3.05, 3.63) is 30.2 Å². The van der Waals surface area contributed by atoms with Crippen molar-refractivity contribution in [1.29, 1.82) is 0 Å². The van der Waals surface area contributed by atoms with Gasteiger partial charge in [-0.25, -0.2) is 17.8 Å². The van der Waals surface area contributed by atoms with Gasteiger partial charge in [-0.1, -0.05) is 6.07 Å². The van der Waals surface area contributed by atoms with Crippen LogP contribution in [0.2, 0.25) is 0 Å². The monoisotopic (exact) mass is 445 g/mol. The number of halogens is 1. The van der Waals surface area contributed by atoms with Gasteiger partial charge in [-0.3, -0.25) is 4.55 Å². The highest BCUT2D eigenvalue weighted by molar-refractivity contribution is 7.89. The van der Waals surface area contributed by atoms with E-state index in [1.807, 2.05) is 0 Å². The van der Waals surface area contributed by atoms with Gasteiger partial charge in [0.15, 0.2) is 5.82 Å². The fourth-order valence-corrected chi connectivity index (χ4v) is 6.04. The second-order valence-electron chi connectivity index (χ2n) is 7.18. The SMILES string of the molecule is O=S(=O)(O)Oc1ncc(F)c2c(S(=O)(=O)N3CCCNCC3C3CC3)cccc12. The molecule has 1 unspecified atom stereocenters. The molecule has 1 aliphatic heterocycles. The van der Waals surface area contributed by atoms with Crippen molar-refractivity contribution in [1.82, 2.24) is 14.6 Å². The number of nitrogens with one attached hydrogen (secondary N) is 1. The molecule has 1 aromatic heterocycles. The first-order valence-electron chi connectivity index (χ1n) is 9.15. The Morgan fingerprint density at radius 1 is 1.24 bits per heavy atom. The summed E-state index contributed by atoms with van der Waals surface area (Å²) in [5.74, 6) is -1.27. The highest BCUT2D eigenvalue weighted by atomic mass is 32.3. The second kappa shape index (κ2) is 7.43. The van der Waals surface area contributed by atoms with Crippen molar-refractivity contribution in [3.8, 4) is 5.88 Å². The third-order valence-electron chi connectivity index (χ3n) is 5.18. The smallest absolute Gasteiger partial charge is 0.340 e. The van der Waals surface area contributed by atoms with E-state index in [1.54, 1.807) is 0 Å². The minimum Gasteiger partial charge on any atom is -0.340 e. The molecule has 2 fully saturated rings. The number of fused-ring (bicyclic) bond motifs is 1. The van der Waals surface area contributed by atoms with Crippen molar-refractivity contribution in [2.45, 2.75) is 30.2 Å². The molecule has 1 aliphatic carbocycles. The van der Waals surface area contributed by atoms with E-state index in [2.05, 4.69) is 14.5 Å². The van der Waals surface area contributed by atoms with Crippen molar-refractivity contribution in [2.75, 3.05) is 19.6 Å². The molecule has 1 saturated carbocycles. The molecule has 2 N–H and O–H groups in total. The number of rotatable bonds is 5. The fraction of sp³-hybridized carbons (Fsp3) is 0.471. The summed E-state index contributed by atoms with van der Waals surface area (Å²) < 4.78 is 78.7. The van der Waals surface area contributed by atoms with Gasteiger partial charge in [0.05, 0.1) is 11.1 Å². The molecule has 9 nitrogen and oxygen atoms in total. The topological polar surface area (TPSA) is 126 Å². The van der Waals surface area contributed by atoms with Crippen LogP contribution in [0, 0.1) is 11.7 Å². The van der Waals surface area contributed by atoms with Gasteiger partial charge in [0.2, 0.25) is 15.9 Å². The molecule has 1 saturated heterocycles. The molecule has 12 heteroatoms. The molecule has 2 aromatic rings. The minimum absolute atomic E-state index is 0.167. The van der Waals surface area contributed by atoms with Gasteiger partial charge in [0.25, 0.3) is 0 Å². The number of nitrogens with zero attached hydrogens (tertiary/aromatic N) is 2. The number of sulfonamides is 1. The molecule has 0 radical (unpaired) electrons. The lowest BCUT2D eigenvalue weighted by Gasteiger charge is -2.29. The van der Waals surface area contributed by atoms with Gasteiger partial charge in [-0.2, -0.15) is 12.7 Å². The lowest BCUT2D eigenvalue weighted by atomic mass is 10.1. The first kappa shape index (κ1) is 20.4. The molecule has 1 aromatic carbocycles.